The van der Waals surface area contributed by atoms with Gasteiger partial charge in [0.15, 0.2) is 11.7 Å². The minimum atomic E-state index is -8.31. The van der Waals surface area contributed by atoms with Crippen LogP contribution >= 0.6 is 0 Å². The molecule has 0 aliphatic heterocycles. The van der Waals surface area contributed by atoms with Crippen LogP contribution in [0.25, 0.3) is 0 Å². The van der Waals surface area contributed by atoms with Crippen molar-refractivity contribution in [2.45, 2.75) is 65.9 Å². The molecule has 0 aromatic heterocycles. The Bertz CT molecular complexity index is 968. The van der Waals surface area contributed by atoms with Crippen LogP contribution in [-0.2, 0) is 0 Å². The predicted octanol–water partition coefficient (Wildman–Crippen LogP) is 8.36. The first kappa shape index (κ1) is 37.8. The number of halogens is 23. The molecule has 0 saturated heterocycles. The highest BCUT2D eigenvalue weighted by atomic mass is 19.4. The van der Waals surface area contributed by atoms with Gasteiger partial charge in [-0.1, -0.05) is 0 Å². The highest BCUT2D eigenvalue weighted by molar-refractivity contribution is 5.26. The Morgan fingerprint density at radius 2 is 0.700 bits per heavy atom. The molecule has 1 N–H and O–H groups in total. The lowest BCUT2D eigenvalue weighted by molar-refractivity contribution is -0.419. The van der Waals surface area contributed by atoms with Gasteiger partial charge in [-0.15, -0.1) is 0 Å². The van der Waals surface area contributed by atoms with E-state index in [1.807, 2.05) is 0 Å². The van der Waals surface area contributed by atoms with Gasteiger partial charge < -0.3 is 5.11 Å². The fraction of sp³-hybridized carbons (Fsp3) is 0.750. The van der Waals surface area contributed by atoms with E-state index in [9.17, 15) is 101 Å². The summed E-state index contributed by atoms with van der Waals surface area (Å²) < 4.78 is 301. The molecule has 0 aliphatic carbocycles. The van der Waals surface area contributed by atoms with Crippen LogP contribution in [0.2, 0.25) is 0 Å². The standard InChI is InChI=1S/C16H7F23O/c17-5(8(21,22)11(27,28)13(31,32)10(25,26)7(19,20)3-4-40)1-2-6(18)9(23,24)12(29,30)14(33,34)15(35,36)16(37,38)39/h1-2,40H,3-4H2/b5-1-,6-2-. The normalized spacial score (nSPS) is 17.0. The van der Waals surface area contributed by atoms with E-state index >= 15 is 0 Å². The van der Waals surface area contributed by atoms with Crippen molar-refractivity contribution in [1.82, 2.24) is 0 Å². The topological polar surface area (TPSA) is 20.2 Å². The smallest absolute Gasteiger partial charge is 0.396 e. The summed E-state index contributed by atoms with van der Waals surface area (Å²) in [5.74, 6) is -79.3. The molecular formula is C16H7F23O. The second-order valence-electron chi connectivity index (χ2n) is 7.30. The van der Waals surface area contributed by atoms with Gasteiger partial charge in [0.25, 0.3) is 0 Å². The molecule has 0 spiro atoms. The third kappa shape index (κ3) is 5.27. The Kier molecular flexibility index (Phi) is 9.72. The van der Waals surface area contributed by atoms with Gasteiger partial charge in [0.2, 0.25) is 0 Å². The van der Waals surface area contributed by atoms with Gasteiger partial charge in [-0.2, -0.15) is 92.2 Å². The van der Waals surface area contributed by atoms with E-state index in [0.717, 1.165) is 0 Å². The number of alkyl halides is 21. The van der Waals surface area contributed by atoms with Crippen LogP contribution in [0.15, 0.2) is 23.8 Å². The van der Waals surface area contributed by atoms with Crippen molar-refractivity contribution < 1.29 is 106 Å². The maximum absolute atomic E-state index is 13.5. The second-order valence-corrected chi connectivity index (χ2v) is 7.30. The molecule has 24 heteroatoms. The van der Waals surface area contributed by atoms with E-state index in [1.165, 1.54) is 0 Å². The van der Waals surface area contributed by atoms with Gasteiger partial charge in [0, 0.05) is 13.0 Å². The zero-order chi connectivity index (χ0) is 33.0. The number of allylic oxidation sites excluding steroid dienone is 4. The van der Waals surface area contributed by atoms with Crippen molar-refractivity contribution >= 4 is 0 Å². The molecule has 0 amide bonds. The Labute approximate surface area is 203 Å². The molecule has 40 heavy (non-hydrogen) atoms. The molecule has 0 bridgehead atoms. The summed E-state index contributed by atoms with van der Waals surface area (Å²) in [6, 6.07) is 0. The van der Waals surface area contributed by atoms with Crippen molar-refractivity contribution in [3.05, 3.63) is 23.8 Å². The van der Waals surface area contributed by atoms with Crippen LogP contribution in [0.5, 0.6) is 0 Å². The first-order valence-corrected chi connectivity index (χ1v) is 8.93. The summed E-state index contributed by atoms with van der Waals surface area (Å²) in [4.78, 5) is 0. The minimum Gasteiger partial charge on any atom is -0.396 e. The molecule has 0 atom stereocenters. The van der Waals surface area contributed by atoms with Gasteiger partial charge >= 0.3 is 59.5 Å². The molecule has 0 saturated carbocycles. The average Bonchev–Trinajstić information content (AvgIpc) is 2.75. The number of rotatable bonds is 12. The van der Waals surface area contributed by atoms with Gasteiger partial charge in [-0.3, -0.25) is 0 Å². The molecule has 0 unspecified atom stereocenters. The highest BCUT2D eigenvalue weighted by Gasteiger charge is 2.88. The van der Waals surface area contributed by atoms with E-state index in [1.54, 1.807) is 0 Å². The third-order valence-corrected chi connectivity index (χ3v) is 4.58. The lowest BCUT2D eigenvalue weighted by Crippen LogP contribution is -2.67. The molecule has 0 aliphatic rings. The van der Waals surface area contributed by atoms with E-state index in [0.29, 0.717) is 0 Å². The van der Waals surface area contributed by atoms with Gasteiger partial charge in [0.05, 0.1) is 0 Å². The molecule has 0 rings (SSSR count). The molecule has 0 heterocycles. The van der Waals surface area contributed by atoms with Crippen molar-refractivity contribution in [2.75, 3.05) is 6.61 Å². The molecule has 1 nitrogen and oxygen atoms in total. The largest absolute Gasteiger partial charge is 0.460 e. The van der Waals surface area contributed by atoms with Crippen LogP contribution in [0, 0.1) is 0 Å². The van der Waals surface area contributed by atoms with E-state index in [4.69, 9.17) is 5.11 Å². The van der Waals surface area contributed by atoms with Gasteiger partial charge in [0.1, 0.15) is 0 Å². The Morgan fingerprint density at radius 3 is 0.950 bits per heavy atom. The molecule has 238 valence electrons. The fourth-order valence-electron chi connectivity index (χ4n) is 2.15. The van der Waals surface area contributed by atoms with Crippen molar-refractivity contribution in [2.24, 2.45) is 0 Å². The summed E-state index contributed by atoms with van der Waals surface area (Å²) in [6.07, 6.45) is -14.8. The zero-order valence-electron chi connectivity index (χ0n) is 17.7. The first-order valence-electron chi connectivity index (χ1n) is 8.93. The van der Waals surface area contributed by atoms with E-state index in [-0.39, 0.29) is 0 Å². The summed E-state index contributed by atoms with van der Waals surface area (Å²) >= 11 is 0. The molecule has 0 aromatic carbocycles. The monoisotopic (exact) mass is 652 g/mol. The lowest BCUT2D eigenvalue weighted by Gasteiger charge is -2.39. The Morgan fingerprint density at radius 1 is 0.425 bits per heavy atom. The fourth-order valence-corrected chi connectivity index (χ4v) is 2.15. The maximum atomic E-state index is 13.5. The summed E-state index contributed by atoms with van der Waals surface area (Å²) in [5.41, 5.74) is 0. The maximum Gasteiger partial charge on any atom is 0.460 e. The summed E-state index contributed by atoms with van der Waals surface area (Å²) in [7, 11) is 0. The van der Waals surface area contributed by atoms with Crippen molar-refractivity contribution in [3.63, 3.8) is 0 Å². The molecule has 0 aromatic rings. The van der Waals surface area contributed by atoms with Crippen LogP contribution in [0.1, 0.15) is 6.42 Å². The molecule has 0 radical (unpaired) electrons. The van der Waals surface area contributed by atoms with Crippen LogP contribution in [0.4, 0.5) is 101 Å². The number of aliphatic hydroxyl groups is 1. The highest BCUT2D eigenvalue weighted by Crippen LogP contribution is 2.60. The number of aliphatic hydroxyl groups excluding tert-OH is 1. The third-order valence-electron chi connectivity index (χ3n) is 4.58. The zero-order valence-corrected chi connectivity index (χ0v) is 17.7. The first-order chi connectivity index (χ1) is 17.1. The number of hydrogen-bond acceptors (Lipinski definition) is 1. The van der Waals surface area contributed by atoms with E-state index in [2.05, 4.69) is 0 Å². The van der Waals surface area contributed by atoms with Gasteiger partial charge in [-0.25, -0.2) is 8.78 Å². The molecule has 0 fully saturated rings. The van der Waals surface area contributed by atoms with Gasteiger partial charge in [-0.05, 0) is 12.2 Å². The average molecular weight is 652 g/mol. The quantitative estimate of drug-likeness (QED) is 0.166. The van der Waals surface area contributed by atoms with Crippen LogP contribution in [-0.4, -0.2) is 71.2 Å². The SMILES string of the molecule is OCCC(F)(F)C(F)(F)C(F)(F)C(F)(F)C(F)(F)/C(F)=C/C=C(\F)C(F)(F)C(F)(F)C(F)(F)C(F)(F)C(F)(F)F. The number of hydrogen-bond donors (Lipinski definition) is 1. The minimum absolute atomic E-state index is 2.09. The predicted molar refractivity (Wildman–Crippen MR) is 80.7 cm³/mol. The van der Waals surface area contributed by atoms with Crippen molar-refractivity contribution in [3.8, 4) is 0 Å². The van der Waals surface area contributed by atoms with Crippen LogP contribution in [0.3, 0.4) is 0 Å². The lowest BCUT2D eigenvalue weighted by atomic mass is 9.92. The summed E-state index contributed by atoms with van der Waals surface area (Å²) in [6.45, 7) is -2.17. The van der Waals surface area contributed by atoms with E-state index < -0.39 is 96.3 Å². The summed E-state index contributed by atoms with van der Waals surface area (Å²) in [5, 5.41) is 8.10. The Balaban J connectivity index is 6.75. The van der Waals surface area contributed by atoms with Crippen molar-refractivity contribution in [1.29, 1.82) is 0 Å². The Hall–Kier alpha value is -2.17. The molecular weight excluding hydrogens is 645 g/mol. The van der Waals surface area contributed by atoms with Crippen LogP contribution < -0.4 is 0 Å². The second kappa shape index (κ2) is 10.3.